The number of aromatic nitrogens is 3. The van der Waals surface area contributed by atoms with Gasteiger partial charge in [-0.05, 0) is 20.9 Å². The summed E-state index contributed by atoms with van der Waals surface area (Å²) in [6.45, 7) is 4.57. The van der Waals surface area contributed by atoms with Crippen LogP contribution in [0.1, 0.15) is 17.0 Å². The highest BCUT2D eigenvalue weighted by atomic mass is 32.2. The third-order valence-corrected chi connectivity index (χ3v) is 2.99. The van der Waals surface area contributed by atoms with E-state index >= 15 is 0 Å². The van der Waals surface area contributed by atoms with Crippen LogP contribution in [0.4, 0.5) is 0 Å². The predicted molar refractivity (Wildman–Crippen MR) is 64.9 cm³/mol. The Morgan fingerprint density at radius 2 is 2.00 bits per heavy atom. The second kappa shape index (κ2) is 5.29. The molecule has 0 aliphatic rings. The smallest absolute Gasteiger partial charge is 0.264 e. The van der Waals surface area contributed by atoms with E-state index in [9.17, 15) is 0 Å². The van der Waals surface area contributed by atoms with E-state index in [1.54, 1.807) is 12.4 Å². The van der Waals surface area contributed by atoms with Crippen molar-refractivity contribution >= 4 is 11.8 Å². The summed E-state index contributed by atoms with van der Waals surface area (Å²) in [5, 5.41) is 4.28. The van der Waals surface area contributed by atoms with E-state index in [2.05, 4.69) is 20.3 Å². The second-order valence-corrected chi connectivity index (χ2v) is 4.55. The zero-order chi connectivity index (χ0) is 12.3. The molecule has 0 unspecified atom stereocenters. The molecular weight excluding hydrogens is 236 g/mol. The molecule has 0 radical (unpaired) electrons. The fraction of sp³-hybridized carbons (Fsp3) is 0.364. The Bertz CT molecular complexity index is 475. The average molecular weight is 250 g/mol. The topological polar surface area (TPSA) is 63.8 Å². The van der Waals surface area contributed by atoms with Gasteiger partial charge in [-0.2, -0.15) is 0 Å². The van der Waals surface area contributed by atoms with Crippen LogP contribution in [0, 0.1) is 13.8 Å². The second-order valence-electron chi connectivity index (χ2n) is 3.63. The zero-order valence-corrected chi connectivity index (χ0v) is 10.8. The molecule has 5 nitrogen and oxygen atoms in total. The summed E-state index contributed by atoms with van der Waals surface area (Å²) < 4.78 is 5.46. The first-order chi connectivity index (χ1) is 8.19. The minimum absolute atomic E-state index is 0.585. The van der Waals surface area contributed by atoms with E-state index < -0.39 is 0 Å². The predicted octanol–water partition coefficient (Wildman–Crippen LogP) is 1.95. The van der Waals surface area contributed by atoms with E-state index in [0.29, 0.717) is 10.4 Å². The molecule has 0 aromatic carbocycles. The van der Waals surface area contributed by atoms with E-state index in [-0.39, 0.29) is 0 Å². The Morgan fingerprint density at radius 1 is 1.29 bits per heavy atom. The molecule has 2 aromatic rings. The molecule has 0 amide bonds. The molecule has 0 aliphatic heterocycles. The average Bonchev–Trinajstić information content (AvgIpc) is 2.61. The Kier molecular flexibility index (Phi) is 3.75. The van der Waals surface area contributed by atoms with Gasteiger partial charge >= 0.3 is 0 Å². The van der Waals surface area contributed by atoms with Gasteiger partial charge in [0.25, 0.3) is 5.22 Å². The lowest BCUT2D eigenvalue weighted by Gasteiger charge is -1.99. The number of aryl methyl sites for hydroxylation is 2. The maximum absolute atomic E-state index is 5.46. The highest BCUT2D eigenvalue weighted by Crippen LogP contribution is 2.25. The molecule has 6 heteroatoms. The highest BCUT2D eigenvalue weighted by molar-refractivity contribution is 7.98. The molecule has 1 N–H and O–H groups in total. The van der Waals surface area contributed by atoms with Crippen LogP contribution in [0.2, 0.25) is 0 Å². The van der Waals surface area contributed by atoms with Gasteiger partial charge < -0.3 is 9.73 Å². The summed E-state index contributed by atoms with van der Waals surface area (Å²) in [5.74, 6) is 0.833. The molecule has 2 rings (SSSR count). The number of hydrogen-bond acceptors (Lipinski definition) is 6. The van der Waals surface area contributed by atoms with Crippen molar-refractivity contribution in [2.75, 3.05) is 7.05 Å². The van der Waals surface area contributed by atoms with Gasteiger partial charge in [0.1, 0.15) is 5.76 Å². The van der Waals surface area contributed by atoms with Crippen LogP contribution in [0.3, 0.4) is 0 Å². The van der Waals surface area contributed by atoms with Gasteiger partial charge in [-0.25, -0.2) is 15.0 Å². The Hall–Kier alpha value is -1.40. The molecule has 0 spiro atoms. The number of nitrogens with one attached hydrogen (secondary N) is 1. The maximum atomic E-state index is 5.46. The SMILES string of the molecule is CNCc1cnc(Sc2nc(C)c(C)o2)nc1. The highest BCUT2D eigenvalue weighted by Gasteiger charge is 2.09. The van der Waals surface area contributed by atoms with Gasteiger partial charge in [0.15, 0.2) is 5.16 Å². The fourth-order valence-electron chi connectivity index (χ4n) is 1.26. The van der Waals surface area contributed by atoms with Crippen LogP contribution in [0.15, 0.2) is 27.2 Å². The number of nitrogens with zero attached hydrogens (tertiary/aromatic N) is 3. The van der Waals surface area contributed by atoms with Crippen molar-refractivity contribution in [2.45, 2.75) is 30.8 Å². The number of rotatable bonds is 4. The Labute approximate surface area is 104 Å². The van der Waals surface area contributed by atoms with Crippen molar-refractivity contribution in [1.82, 2.24) is 20.3 Å². The third kappa shape index (κ3) is 3.04. The molecule has 0 bridgehead atoms. The first kappa shape index (κ1) is 12.1. The lowest BCUT2D eigenvalue weighted by molar-refractivity contribution is 0.430. The van der Waals surface area contributed by atoms with Gasteiger partial charge in [0.05, 0.1) is 5.69 Å². The largest absolute Gasteiger partial charge is 0.436 e. The fourth-order valence-corrected chi connectivity index (χ4v) is 1.97. The van der Waals surface area contributed by atoms with E-state index in [1.165, 1.54) is 11.8 Å². The minimum atomic E-state index is 0.585. The van der Waals surface area contributed by atoms with Crippen molar-refractivity contribution in [2.24, 2.45) is 0 Å². The maximum Gasteiger partial charge on any atom is 0.264 e. The van der Waals surface area contributed by atoms with E-state index in [0.717, 1.165) is 23.6 Å². The monoisotopic (exact) mass is 250 g/mol. The number of oxazole rings is 1. The van der Waals surface area contributed by atoms with E-state index in [1.807, 2.05) is 20.9 Å². The summed E-state index contributed by atoms with van der Waals surface area (Å²) in [5.41, 5.74) is 1.95. The summed E-state index contributed by atoms with van der Waals surface area (Å²) in [4.78, 5) is 12.8. The molecule has 17 heavy (non-hydrogen) atoms. The van der Waals surface area contributed by atoms with Crippen molar-refractivity contribution < 1.29 is 4.42 Å². The van der Waals surface area contributed by atoms with Crippen LogP contribution in [0.25, 0.3) is 0 Å². The van der Waals surface area contributed by atoms with Crippen molar-refractivity contribution in [3.63, 3.8) is 0 Å². The molecule has 0 saturated carbocycles. The molecule has 2 aromatic heterocycles. The lowest BCUT2D eigenvalue weighted by Crippen LogP contribution is -2.05. The molecule has 2 heterocycles. The van der Waals surface area contributed by atoms with E-state index in [4.69, 9.17) is 4.42 Å². The Morgan fingerprint density at radius 3 is 2.53 bits per heavy atom. The van der Waals surface area contributed by atoms with Crippen LogP contribution < -0.4 is 5.32 Å². The van der Waals surface area contributed by atoms with Crippen LogP contribution >= 0.6 is 11.8 Å². The molecule has 0 saturated heterocycles. The van der Waals surface area contributed by atoms with Gasteiger partial charge in [-0.15, -0.1) is 0 Å². The zero-order valence-electron chi connectivity index (χ0n) is 10.0. The quantitative estimate of drug-likeness (QED) is 0.837. The third-order valence-electron chi connectivity index (χ3n) is 2.25. The first-order valence-electron chi connectivity index (χ1n) is 5.26. The molecular formula is C11H14N4OS. The van der Waals surface area contributed by atoms with Crippen LogP contribution in [-0.2, 0) is 6.54 Å². The summed E-state index contributed by atoms with van der Waals surface area (Å²) >= 11 is 1.33. The molecule has 0 aliphatic carbocycles. The van der Waals surface area contributed by atoms with Gasteiger partial charge in [-0.1, -0.05) is 0 Å². The van der Waals surface area contributed by atoms with Crippen molar-refractivity contribution in [3.05, 3.63) is 29.4 Å². The number of hydrogen-bond donors (Lipinski definition) is 1. The summed E-state index contributed by atoms with van der Waals surface area (Å²) in [6, 6.07) is 0. The minimum Gasteiger partial charge on any atom is -0.436 e. The van der Waals surface area contributed by atoms with Gasteiger partial charge in [0.2, 0.25) is 0 Å². The van der Waals surface area contributed by atoms with Crippen molar-refractivity contribution in [3.8, 4) is 0 Å². The molecule has 0 atom stereocenters. The lowest BCUT2D eigenvalue weighted by atomic mass is 10.3. The normalized spacial score (nSPS) is 10.8. The van der Waals surface area contributed by atoms with Gasteiger partial charge in [-0.3, -0.25) is 0 Å². The summed E-state index contributed by atoms with van der Waals surface area (Å²) in [6.07, 6.45) is 3.60. The summed E-state index contributed by atoms with van der Waals surface area (Å²) in [7, 11) is 1.89. The first-order valence-corrected chi connectivity index (χ1v) is 6.08. The molecule has 0 fully saturated rings. The molecule has 90 valence electrons. The Balaban J connectivity index is 2.08. The van der Waals surface area contributed by atoms with Gasteiger partial charge in [0, 0.05) is 36.3 Å². The van der Waals surface area contributed by atoms with Crippen LogP contribution in [0.5, 0.6) is 0 Å². The van der Waals surface area contributed by atoms with Crippen LogP contribution in [-0.4, -0.2) is 22.0 Å². The van der Waals surface area contributed by atoms with Crippen molar-refractivity contribution in [1.29, 1.82) is 0 Å². The standard InChI is InChI=1S/C11H14N4OS/c1-7-8(2)16-11(15-7)17-10-13-5-9(4-12-3)6-14-10/h5-6,12H,4H2,1-3H3.